The van der Waals surface area contributed by atoms with Crippen LogP contribution in [0.5, 0.6) is 0 Å². The highest BCUT2D eigenvalue weighted by Gasteiger charge is 2.00. The lowest BCUT2D eigenvalue weighted by molar-refractivity contribution is 0.0996. The van der Waals surface area contributed by atoms with Crippen LogP contribution in [0.2, 0.25) is 0 Å². The van der Waals surface area contributed by atoms with E-state index in [0.29, 0.717) is 6.42 Å². The fourth-order valence-corrected chi connectivity index (χ4v) is 0.967. The first-order valence-corrected chi connectivity index (χ1v) is 4.04. The number of benzene rings is 1. The predicted octanol–water partition coefficient (Wildman–Crippen LogP) is 2.84. The minimum atomic E-state index is 0.175. The van der Waals surface area contributed by atoms with Crippen LogP contribution in [0.25, 0.3) is 0 Å². The standard InChI is InChI=1S/C11H12O/c1-2-3-9-11(12)10-7-5-4-6-8-10/h2-8H,9H2,1H3/b3-2+. The summed E-state index contributed by atoms with van der Waals surface area (Å²) in [5.41, 5.74) is 0.788. The van der Waals surface area contributed by atoms with Gasteiger partial charge in [0.2, 0.25) is 0 Å². The Morgan fingerprint density at radius 1 is 1.33 bits per heavy atom. The zero-order valence-electron chi connectivity index (χ0n) is 7.16. The molecular formula is C11H12O. The smallest absolute Gasteiger partial charge is 0.166 e. The van der Waals surface area contributed by atoms with E-state index >= 15 is 0 Å². The molecule has 0 fully saturated rings. The normalized spacial score (nSPS) is 10.4. The van der Waals surface area contributed by atoms with Crippen LogP contribution in [-0.2, 0) is 0 Å². The molecule has 0 aliphatic carbocycles. The van der Waals surface area contributed by atoms with Gasteiger partial charge in [0.15, 0.2) is 5.78 Å². The van der Waals surface area contributed by atoms with Crippen LogP contribution in [0.15, 0.2) is 42.5 Å². The zero-order chi connectivity index (χ0) is 8.81. The van der Waals surface area contributed by atoms with E-state index in [0.717, 1.165) is 5.56 Å². The average Bonchev–Trinajstić information content (AvgIpc) is 2.15. The Bertz CT molecular complexity index is 272. The lowest BCUT2D eigenvalue weighted by Gasteiger charge is -1.94. The number of Topliss-reactive ketones (excluding diaryl/α,β-unsaturated/α-hetero) is 1. The second kappa shape index (κ2) is 4.50. The molecule has 0 N–H and O–H groups in total. The quantitative estimate of drug-likeness (QED) is 0.491. The van der Waals surface area contributed by atoms with Crippen molar-refractivity contribution in [1.82, 2.24) is 0 Å². The van der Waals surface area contributed by atoms with Gasteiger partial charge < -0.3 is 0 Å². The van der Waals surface area contributed by atoms with E-state index in [1.165, 1.54) is 0 Å². The Balaban J connectivity index is 2.66. The first kappa shape index (κ1) is 8.72. The maximum absolute atomic E-state index is 11.4. The van der Waals surface area contributed by atoms with Crippen molar-refractivity contribution in [3.63, 3.8) is 0 Å². The van der Waals surface area contributed by atoms with Gasteiger partial charge in [-0.25, -0.2) is 0 Å². The number of allylic oxidation sites excluding steroid dienone is 2. The first-order chi connectivity index (χ1) is 5.84. The molecule has 0 spiro atoms. The molecule has 0 aliphatic rings. The summed E-state index contributed by atoms with van der Waals surface area (Å²) in [4.78, 5) is 11.4. The fourth-order valence-electron chi connectivity index (χ4n) is 0.967. The van der Waals surface area contributed by atoms with Crippen molar-refractivity contribution in [3.05, 3.63) is 48.0 Å². The van der Waals surface area contributed by atoms with Gasteiger partial charge >= 0.3 is 0 Å². The van der Waals surface area contributed by atoms with Gasteiger partial charge in [0.1, 0.15) is 0 Å². The molecule has 1 nitrogen and oxygen atoms in total. The number of ketones is 1. The van der Waals surface area contributed by atoms with Crippen molar-refractivity contribution in [1.29, 1.82) is 0 Å². The van der Waals surface area contributed by atoms with E-state index in [1.807, 2.05) is 49.4 Å². The lowest BCUT2D eigenvalue weighted by Crippen LogP contribution is -1.95. The van der Waals surface area contributed by atoms with E-state index in [2.05, 4.69) is 0 Å². The van der Waals surface area contributed by atoms with Crippen molar-refractivity contribution in [2.75, 3.05) is 0 Å². The number of carbonyl (C=O) groups is 1. The summed E-state index contributed by atoms with van der Waals surface area (Å²) in [6.07, 6.45) is 4.26. The number of carbonyl (C=O) groups excluding carboxylic acids is 1. The number of hydrogen-bond acceptors (Lipinski definition) is 1. The molecule has 62 valence electrons. The number of hydrogen-bond donors (Lipinski definition) is 0. The zero-order valence-corrected chi connectivity index (χ0v) is 7.16. The summed E-state index contributed by atoms with van der Waals surface area (Å²) < 4.78 is 0. The molecule has 0 saturated carbocycles. The van der Waals surface area contributed by atoms with E-state index in [-0.39, 0.29) is 5.78 Å². The van der Waals surface area contributed by atoms with Crippen LogP contribution in [0.4, 0.5) is 0 Å². The van der Waals surface area contributed by atoms with Crippen molar-refractivity contribution < 1.29 is 4.79 Å². The third kappa shape index (κ3) is 2.35. The van der Waals surface area contributed by atoms with Gasteiger partial charge in [-0.2, -0.15) is 0 Å². The molecule has 0 saturated heterocycles. The van der Waals surface area contributed by atoms with Crippen molar-refractivity contribution >= 4 is 5.78 Å². The van der Waals surface area contributed by atoms with Gasteiger partial charge in [0, 0.05) is 12.0 Å². The van der Waals surface area contributed by atoms with Gasteiger partial charge in [0.25, 0.3) is 0 Å². The Kier molecular flexibility index (Phi) is 3.27. The molecule has 0 aromatic heterocycles. The third-order valence-corrected chi connectivity index (χ3v) is 1.63. The summed E-state index contributed by atoms with van der Waals surface area (Å²) in [5, 5.41) is 0. The summed E-state index contributed by atoms with van der Waals surface area (Å²) in [7, 11) is 0. The van der Waals surface area contributed by atoms with Gasteiger partial charge in [-0.3, -0.25) is 4.79 Å². The Morgan fingerprint density at radius 3 is 2.58 bits per heavy atom. The molecule has 0 unspecified atom stereocenters. The topological polar surface area (TPSA) is 17.1 Å². The molecule has 1 heteroatoms. The Hall–Kier alpha value is -1.37. The molecule has 0 aliphatic heterocycles. The van der Waals surface area contributed by atoms with Gasteiger partial charge in [0.05, 0.1) is 0 Å². The number of rotatable bonds is 3. The molecule has 1 aromatic carbocycles. The van der Waals surface area contributed by atoms with E-state index in [9.17, 15) is 4.79 Å². The fraction of sp³-hybridized carbons (Fsp3) is 0.182. The molecule has 0 bridgehead atoms. The van der Waals surface area contributed by atoms with Crippen LogP contribution in [0.3, 0.4) is 0 Å². The Labute approximate surface area is 72.7 Å². The van der Waals surface area contributed by atoms with E-state index in [1.54, 1.807) is 0 Å². The minimum absolute atomic E-state index is 0.175. The molecule has 0 amide bonds. The highest BCUT2D eigenvalue weighted by atomic mass is 16.1. The third-order valence-electron chi connectivity index (χ3n) is 1.63. The molecule has 0 atom stereocenters. The first-order valence-electron chi connectivity index (χ1n) is 4.04. The summed E-state index contributed by atoms with van der Waals surface area (Å²) in [6.45, 7) is 1.91. The lowest BCUT2D eigenvalue weighted by atomic mass is 10.1. The predicted molar refractivity (Wildman–Crippen MR) is 50.2 cm³/mol. The maximum Gasteiger partial charge on any atom is 0.166 e. The summed E-state index contributed by atoms with van der Waals surface area (Å²) >= 11 is 0. The van der Waals surface area contributed by atoms with E-state index < -0.39 is 0 Å². The molecule has 0 heterocycles. The molecule has 12 heavy (non-hydrogen) atoms. The van der Waals surface area contributed by atoms with Crippen LogP contribution in [-0.4, -0.2) is 5.78 Å². The minimum Gasteiger partial charge on any atom is -0.294 e. The van der Waals surface area contributed by atoms with Gasteiger partial charge in [-0.05, 0) is 6.92 Å². The van der Waals surface area contributed by atoms with Gasteiger partial charge in [-0.1, -0.05) is 42.5 Å². The summed E-state index contributed by atoms with van der Waals surface area (Å²) in [6, 6.07) is 9.34. The van der Waals surface area contributed by atoms with Crippen LogP contribution >= 0.6 is 0 Å². The SMILES string of the molecule is C/C=C/CC(=O)c1ccccc1. The largest absolute Gasteiger partial charge is 0.294 e. The second-order valence-electron chi connectivity index (χ2n) is 2.56. The second-order valence-corrected chi connectivity index (χ2v) is 2.56. The molecule has 1 rings (SSSR count). The monoisotopic (exact) mass is 160 g/mol. The molecule has 0 radical (unpaired) electrons. The van der Waals surface area contributed by atoms with E-state index in [4.69, 9.17) is 0 Å². The van der Waals surface area contributed by atoms with Crippen molar-refractivity contribution in [2.45, 2.75) is 13.3 Å². The molecule has 1 aromatic rings. The van der Waals surface area contributed by atoms with Crippen molar-refractivity contribution in [2.24, 2.45) is 0 Å². The summed E-state index contributed by atoms with van der Waals surface area (Å²) in [5.74, 6) is 0.175. The highest BCUT2D eigenvalue weighted by Crippen LogP contribution is 2.02. The highest BCUT2D eigenvalue weighted by molar-refractivity contribution is 5.96. The van der Waals surface area contributed by atoms with Crippen LogP contribution in [0.1, 0.15) is 23.7 Å². The Morgan fingerprint density at radius 2 is 2.00 bits per heavy atom. The maximum atomic E-state index is 11.4. The van der Waals surface area contributed by atoms with Gasteiger partial charge in [-0.15, -0.1) is 0 Å². The average molecular weight is 160 g/mol. The molecular weight excluding hydrogens is 148 g/mol. The van der Waals surface area contributed by atoms with Crippen LogP contribution < -0.4 is 0 Å². The van der Waals surface area contributed by atoms with Crippen LogP contribution in [0, 0.1) is 0 Å². The van der Waals surface area contributed by atoms with Crippen molar-refractivity contribution in [3.8, 4) is 0 Å².